The Morgan fingerprint density at radius 3 is 2.45 bits per heavy atom. The molecule has 0 spiro atoms. The topological polar surface area (TPSA) is 87.3 Å². The van der Waals surface area contributed by atoms with E-state index in [1.54, 1.807) is 6.92 Å². The third-order valence-electron chi connectivity index (χ3n) is 5.87. The van der Waals surface area contributed by atoms with E-state index in [0.717, 1.165) is 0 Å². The minimum absolute atomic E-state index is 0.0286. The lowest BCUT2D eigenvalue weighted by Crippen LogP contribution is -2.64. The van der Waals surface area contributed by atoms with E-state index in [0.29, 0.717) is 37.4 Å². The van der Waals surface area contributed by atoms with E-state index >= 15 is 0 Å². The first-order valence-corrected chi connectivity index (χ1v) is 10.2. The van der Waals surface area contributed by atoms with Gasteiger partial charge in [-0.2, -0.15) is 0 Å². The normalized spacial score (nSPS) is 23.6. The van der Waals surface area contributed by atoms with Crippen molar-refractivity contribution in [2.45, 2.75) is 57.9 Å². The highest BCUT2D eigenvalue weighted by Gasteiger charge is 2.50. The fourth-order valence-corrected chi connectivity index (χ4v) is 4.70. The van der Waals surface area contributed by atoms with Crippen LogP contribution >= 0.6 is 0 Å². The largest absolute Gasteiger partial charge is 0.373 e. The van der Waals surface area contributed by atoms with Gasteiger partial charge in [0.2, 0.25) is 5.91 Å². The van der Waals surface area contributed by atoms with Crippen molar-refractivity contribution < 1.29 is 9.53 Å². The molecule has 2 heterocycles. The van der Waals surface area contributed by atoms with Crippen molar-refractivity contribution in [3.05, 3.63) is 63.3 Å². The van der Waals surface area contributed by atoms with Crippen LogP contribution in [-0.4, -0.2) is 51.6 Å². The predicted octanol–water partition coefficient (Wildman–Crippen LogP) is 1.34. The monoisotopic (exact) mass is 396 g/mol. The van der Waals surface area contributed by atoms with Gasteiger partial charge in [0, 0.05) is 37.7 Å². The average molecular weight is 396 g/mol. The van der Waals surface area contributed by atoms with E-state index in [4.69, 9.17) is 4.74 Å². The maximum atomic E-state index is 13.6. The Balaban J connectivity index is 1.60. The number of hydrogen-bond donors (Lipinski definition) is 2. The molecule has 7 heteroatoms. The van der Waals surface area contributed by atoms with Gasteiger partial charge in [0.15, 0.2) is 0 Å². The van der Waals surface area contributed by atoms with E-state index in [1.165, 1.54) is 17.2 Å². The van der Waals surface area contributed by atoms with Crippen molar-refractivity contribution in [3.8, 4) is 0 Å². The van der Waals surface area contributed by atoms with Crippen LogP contribution < -0.4 is 10.9 Å². The Hall–Kier alpha value is -2.51. The second kappa shape index (κ2) is 7.72. The van der Waals surface area contributed by atoms with E-state index in [-0.39, 0.29) is 30.2 Å². The number of benzene rings is 1. The fourth-order valence-electron chi connectivity index (χ4n) is 4.70. The standard InChI is InChI=1S/C22H28N4O3/c1-14-8-20(27)25-19(24-14)11-23-21(28)22(26-12-15(2)29-16(3)13-26)9-17-6-4-5-7-18(17)10-22/h4-8,15-16H,9-13H2,1-3H3,(H,23,28)(H,24,25,27)/t15-,16+. The number of carbonyl (C=O) groups is 1. The van der Waals surface area contributed by atoms with Crippen LogP contribution in [0.25, 0.3) is 0 Å². The number of carbonyl (C=O) groups excluding carboxylic acids is 1. The third-order valence-corrected chi connectivity index (χ3v) is 5.87. The van der Waals surface area contributed by atoms with Crippen LogP contribution in [0.2, 0.25) is 0 Å². The van der Waals surface area contributed by atoms with Gasteiger partial charge in [-0.3, -0.25) is 14.5 Å². The number of H-pyrrole nitrogens is 1. The average Bonchev–Trinajstić information content (AvgIpc) is 3.05. The molecule has 0 bridgehead atoms. The third kappa shape index (κ3) is 3.97. The highest BCUT2D eigenvalue weighted by molar-refractivity contribution is 5.88. The number of fused-ring (bicyclic) bond motifs is 1. The van der Waals surface area contributed by atoms with Gasteiger partial charge in [0.05, 0.1) is 18.8 Å². The molecule has 2 atom stereocenters. The molecule has 1 aromatic heterocycles. The summed E-state index contributed by atoms with van der Waals surface area (Å²) in [6.45, 7) is 7.50. The van der Waals surface area contributed by atoms with Gasteiger partial charge in [-0.1, -0.05) is 24.3 Å². The molecule has 0 saturated carbocycles. The first kappa shape index (κ1) is 19.8. The maximum Gasteiger partial charge on any atom is 0.251 e. The summed E-state index contributed by atoms with van der Waals surface area (Å²) in [6.07, 6.45) is 1.49. The van der Waals surface area contributed by atoms with Crippen molar-refractivity contribution in [3.63, 3.8) is 0 Å². The lowest BCUT2D eigenvalue weighted by molar-refractivity contribution is -0.144. The summed E-state index contributed by atoms with van der Waals surface area (Å²) >= 11 is 0. The quantitative estimate of drug-likeness (QED) is 0.814. The Morgan fingerprint density at radius 2 is 1.86 bits per heavy atom. The summed E-state index contributed by atoms with van der Waals surface area (Å²) < 4.78 is 5.91. The minimum Gasteiger partial charge on any atom is -0.373 e. The highest BCUT2D eigenvalue weighted by Crippen LogP contribution is 2.36. The Kier molecular flexibility index (Phi) is 5.27. The minimum atomic E-state index is -0.653. The summed E-state index contributed by atoms with van der Waals surface area (Å²) in [5, 5.41) is 3.04. The van der Waals surface area contributed by atoms with E-state index in [2.05, 4.69) is 46.2 Å². The van der Waals surface area contributed by atoms with Crippen LogP contribution in [-0.2, 0) is 28.9 Å². The Morgan fingerprint density at radius 1 is 1.24 bits per heavy atom. The summed E-state index contributed by atoms with van der Waals surface area (Å²) in [4.78, 5) is 34.6. The van der Waals surface area contributed by atoms with Gasteiger partial charge in [-0.25, -0.2) is 4.98 Å². The van der Waals surface area contributed by atoms with Crippen molar-refractivity contribution in [1.29, 1.82) is 0 Å². The molecule has 29 heavy (non-hydrogen) atoms. The number of nitrogens with zero attached hydrogens (tertiary/aromatic N) is 2. The van der Waals surface area contributed by atoms with E-state index in [1.807, 2.05) is 12.1 Å². The molecule has 1 aromatic carbocycles. The van der Waals surface area contributed by atoms with Gasteiger partial charge in [-0.15, -0.1) is 0 Å². The van der Waals surface area contributed by atoms with Gasteiger partial charge >= 0.3 is 0 Å². The van der Waals surface area contributed by atoms with Crippen LogP contribution in [0.4, 0.5) is 0 Å². The lowest BCUT2D eigenvalue weighted by Gasteiger charge is -2.45. The summed E-state index contributed by atoms with van der Waals surface area (Å²) in [7, 11) is 0. The van der Waals surface area contributed by atoms with Gasteiger partial charge in [0.1, 0.15) is 11.4 Å². The molecule has 1 saturated heterocycles. The molecule has 7 nitrogen and oxygen atoms in total. The van der Waals surface area contributed by atoms with E-state index in [9.17, 15) is 9.59 Å². The molecule has 0 unspecified atom stereocenters. The second-order valence-electron chi connectivity index (χ2n) is 8.33. The summed E-state index contributed by atoms with van der Waals surface area (Å²) in [5.41, 5.74) is 2.21. The van der Waals surface area contributed by atoms with Crippen LogP contribution in [0.3, 0.4) is 0 Å². The molecule has 1 fully saturated rings. The molecule has 1 amide bonds. The van der Waals surface area contributed by atoms with Gasteiger partial charge < -0.3 is 15.0 Å². The highest BCUT2D eigenvalue weighted by atomic mass is 16.5. The SMILES string of the molecule is Cc1cc(=O)[nH]c(CNC(=O)C2(N3C[C@@H](C)O[C@@H](C)C3)Cc3ccccc3C2)n1. The molecule has 1 aliphatic heterocycles. The number of morpholine rings is 1. The first-order valence-electron chi connectivity index (χ1n) is 10.2. The smallest absolute Gasteiger partial charge is 0.251 e. The molecular weight excluding hydrogens is 368 g/mol. The second-order valence-corrected chi connectivity index (χ2v) is 8.33. The molecular formula is C22H28N4O3. The predicted molar refractivity (Wildman–Crippen MR) is 110 cm³/mol. The first-order chi connectivity index (χ1) is 13.9. The maximum absolute atomic E-state index is 13.6. The number of rotatable bonds is 4. The fraction of sp³-hybridized carbons (Fsp3) is 0.500. The number of aryl methyl sites for hydroxylation is 1. The summed E-state index contributed by atoms with van der Waals surface area (Å²) in [6, 6.07) is 9.71. The molecule has 4 rings (SSSR count). The lowest BCUT2D eigenvalue weighted by atomic mass is 9.90. The number of nitrogens with one attached hydrogen (secondary N) is 2. The number of hydrogen-bond acceptors (Lipinski definition) is 5. The van der Waals surface area contributed by atoms with Crippen LogP contribution in [0.1, 0.15) is 36.5 Å². The zero-order valence-corrected chi connectivity index (χ0v) is 17.2. The van der Waals surface area contributed by atoms with Crippen LogP contribution in [0, 0.1) is 6.92 Å². The van der Waals surface area contributed by atoms with Crippen molar-refractivity contribution in [2.24, 2.45) is 0 Å². The zero-order valence-electron chi connectivity index (χ0n) is 17.2. The van der Waals surface area contributed by atoms with Crippen molar-refractivity contribution in [2.75, 3.05) is 13.1 Å². The number of aromatic nitrogens is 2. The Bertz CT molecular complexity index is 936. The molecule has 2 aliphatic rings. The molecule has 2 N–H and O–H groups in total. The van der Waals surface area contributed by atoms with Gasteiger partial charge in [-0.05, 0) is 31.9 Å². The molecule has 1 aliphatic carbocycles. The molecule has 154 valence electrons. The summed E-state index contributed by atoms with van der Waals surface area (Å²) in [5.74, 6) is 0.442. The van der Waals surface area contributed by atoms with E-state index < -0.39 is 5.54 Å². The van der Waals surface area contributed by atoms with Crippen molar-refractivity contribution in [1.82, 2.24) is 20.2 Å². The number of ether oxygens (including phenoxy) is 1. The van der Waals surface area contributed by atoms with Gasteiger partial charge in [0.25, 0.3) is 5.56 Å². The number of amides is 1. The Labute approximate surface area is 170 Å². The van der Waals surface area contributed by atoms with Crippen molar-refractivity contribution >= 4 is 5.91 Å². The molecule has 2 aromatic rings. The molecule has 0 radical (unpaired) electrons. The zero-order chi connectivity index (χ0) is 20.6. The van der Waals surface area contributed by atoms with Crippen LogP contribution in [0.5, 0.6) is 0 Å². The number of aromatic amines is 1. The van der Waals surface area contributed by atoms with Crippen LogP contribution in [0.15, 0.2) is 35.1 Å².